The van der Waals surface area contributed by atoms with E-state index in [9.17, 15) is 4.79 Å². The zero-order valence-corrected chi connectivity index (χ0v) is 13.6. The van der Waals surface area contributed by atoms with Gasteiger partial charge in [-0.2, -0.15) is 10.2 Å². The fraction of sp³-hybridized carbons (Fsp3) is 0.188. The Bertz CT molecular complexity index is 832. The molecule has 3 aromatic rings. The number of amides is 1. The zero-order chi connectivity index (χ0) is 16.4. The Hall–Kier alpha value is -2.60. The minimum Gasteiger partial charge on any atom is -0.318 e. The summed E-state index contributed by atoms with van der Waals surface area (Å²) in [6.07, 6.45) is 4.83. The van der Waals surface area contributed by atoms with Crippen LogP contribution in [0.1, 0.15) is 21.6 Å². The number of nitrogens with one attached hydrogen (secondary N) is 1. The van der Waals surface area contributed by atoms with Gasteiger partial charge in [0.25, 0.3) is 5.91 Å². The van der Waals surface area contributed by atoms with Crippen LogP contribution < -0.4 is 5.32 Å². The molecular weight excluding hydrogens is 314 g/mol. The maximum Gasteiger partial charge on any atom is 0.275 e. The number of carbonyl (C=O) groups is 1. The molecule has 0 aliphatic heterocycles. The van der Waals surface area contributed by atoms with Crippen LogP contribution in [-0.2, 0) is 13.6 Å². The molecule has 0 saturated heterocycles. The van der Waals surface area contributed by atoms with E-state index in [2.05, 4.69) is 34.6 Å². The molecule has 0 unspecified atom stereocenters. The quantitative estimate of drug-likeness (QED) is 0.800. The standard InChI is InChI=1S/C16H16ClN5O/c1-11-4-3-5-12(6-11)9-22-10-13(7-19-22)20-16(23)15-14(17)8-18-21(15)2/h3-8,10H,9H2,1-2H3,(H,20,23). The Kier molecular flexibility index (Phi) is 4.16. The molecule has 0 radical (unpaired) electrons. The summed E-state index contributed by atoms with van der Waals surface area (Å²) in [6, 6.07) is 8.22. The zero-order valence-electron chi connectivity index (χ0n) is 12.8. The first-order valence-corrected chi connectivity index (χ1v) is 7.47. The predicted molar refractivity (Wildman–Crippen MR) is 88.7 cm³/mol. The first-order chi connectivity index (χ1) is 11.0. The van der Waals surface area contributed by atoms with Crippen LogP contribution in [0.15, 0.2) is 42.9 Å². The highest BCUT2D eigenvalue weighted by Crippen LogP contribution is 2.16. The third-order valence-electron chi connectivity index (χ3n) is 3.43. The number of halogens is 1. The van der Waals surface area contributed by atoms with E-state index in [0.717, 1.165) is 5.56 Å². The van der Waals surface area contributed by atoms with Gasteiger partial charge in [-0.1, -0.05) is 41.4 Å². The number of hydrogen-bond acceptors (Lipinski definition) is 3. The summed E-state index contributed by atoms with van der Waals surface area (Å²) in [7, 11) is 1.67. The number of anilines is 1. The van der Waals surface area contributed by atoms with Crippen LogP contribution in [0.2, 0.25) is 5.02 Å². The summed E-state index contributed by atoms with van der Waals surface area (Å²) in [5.41, 5.74) is 3.28. The van der Waals surface area contributed by atoms with Crippen molar-refractivity contribution in [3.63, 3.8) is 0 Å². The van der Waals surface area contributed by atoms with E-state index in [-0.39, 0.29) is 5.91 Å². The summed E-state index contributed by atoms with van der Waals surface area (Å²) in [5.74, 6) is -0.315. The van der Waals surface area contributed by atoms with Crippen LogP contribution in [0.3, 0.4) is 0 Å². The van der Waals surface area contributed by atoms with Crippen molar-refractivity contribution in [3.8, 4) is 0 Å². The number of aryl methyl sites for hydroxylation is 2. The molecule has 2 heterocycles. The monoisotopic (exact) mass is 329 g/mol. The van der Waals surface area contributed by atoms with Crippen molar-refractivity contribution >= 4 is 23.2 Å². The lowest BCUT2D eigenvalue weighted by atomic mass is 10.1. The molecule has 7 heteroatoms. The van der Waals surface area contributed by atoms with Crippen molar-refractivity contribution in [3.05, 3.63) is 64.7 Å². The highest BCUT2D eigenvalue weighted by molar-refractivity contribution is 6.34. The maximum absolute atomic E-state index is 12.2. The third-order valence-corrected chi connectivity index (χ3v) is 3.70. The summed E-state index contributed by atoms with van der Waals surface area (Å²) in [5, 5.41) is 11.3. The Balaban J connectivity index is 1.71. The Morgan fingerprint density at radius 1 is 1.30 bits per heavy atom. The Morgan fingerprint density at radius 3 is 2.83 bits per heavy atom. The lowest BCUT2D eigenvalue weighted by Gasteiger charge is -2.04. The largest absolute Gasteiger partial charge is 0.318 e. The van der Waals surface area contributed by atoms with E-state index in [0.29, 0.717) is 22.9 Å². The molecule has 1 aromatic carbocycles. The average Bonchev–Trinajstić information content (AvgIpc) is 3.06. The number of benzene rings is 1. The minimum absolute atomic E-state index is 0.315. The van der Waals surface area contributed by atoms with Gasteiger partial charge < -0.3 is 5.32 Å². The van der Waals surface area contributed by atoms with Crippen LogP contribution >= 0.6 is 11.6 Å². The van der Waals surface area contributed by atoms with Gasteiger partial charge in [0, 0.05) is 13.2 Å². The minimum atomic E-state index is -0.315. The van der Waals surface area contributed by atoms with Gasteiger partial charge in [-0.3, -0.25) is 14.2 Å². The lowest BCUT2D eigenvalue weighted by molar-refractivity contribution is 0.101. The highest BCUT2D eigenvalue weighted by Gasteiger charge is 2.16. The van der Waals surface area contributed by atoms with E-state index < -0.39 is 0 Å². The van der Waals surface area contributed by atoms with Crippen molar-refractivity contribution in [2.24, 2.45) is 7.05 Å². The second kappa shape index (κ2) is 6.26. The topological polar surface area (TPSA) is 64.7 Å². The van der Waals surface area contributed by atoms with Gasteiger partial charge in [0.2, 0.25) is 0 Å². The van der Waals surface area contributed by atoms with Crippen LogP contribution in [0, 0.1) is 6.92 Å². The van der Waals surface area contributed by atoms with Gasteiger partial charge in [0.05, 0.1) is 29.6 Å². The van der Waals surface area contributed by atoms with Gasteiger partial charge in [-0.25, -0.2) is 0 Å². The van der Waals surface area contributed by atoms with Crippen LogP contribution in [0.4, 0.5) is 5.69 Å². The van der Waals surface area contributed by atoms with E-state index in [1.807, 2.05) is 12.1 Å². The second-order valence-electron chi connectivity index (χ2n) is 5.33. The van der Waals surface area contributed by atoms with Crippen molar-refractivity contribution in [1.82, 2.24) is 19.6 Å². The first-order valence-electron chi connectivity index (χ1n) is 7.10. The fourth-order valence-corrected chi connectivity index (χ4v) is 2.62. The van der Waals surface area contributed by atoms with Crippen molar-refractivity contribution in [2.75, 3.05) is 5.32 Å². The summed E-state index contributed by atoms with van der Waals surface area (Å²) in [6.45, 7) is 2.69. The van der Waals surface area contributed by atoms with Crippen molar-refractivity contribution < 1.29 is 4.79 Å². The molecule has 2 aromatic heterocycles. The second-order valence-corrected chi connectivity index (χ2v) is 5.74. The van der Waals surface area contributed by atoms with Crippen LogP contribution in [0.25, 0.3) is 0 Å². The molecule has 118 valence electrons. The molecule has 3 rings (SSSR count). The van der Waals surface area contributed by atoms with Crippen molar-refractivity contribution in [2.45, 2.75) is 13.5 Å². The van der Waals surface area contributed by atoms with E-state index in [4.69, 9.17) is 11.6 Å². The molecule has 0 atom stereocenters. The summed E-state index contributed by atoms with van der Waals surface area (Å²) >= 11 is 5.97. The molecule has 1 amide bonds. The molecule has 6 nitrogen and oxygen atoms in total. The normalized spacial score (nSPS) is 10.7. The molecule has 0 bridgehead atoms. The average molecular weight is 330 g/mol. The molecule has 23 heavy (non-hydrogen) atoms. The summed E-state index contributed by atoms with van der Waals surface area (Å²) < 4.78 is 3.21. The molecular formula is C16H16ClN5O. The van der Waals surface area contributed by atoms with Gasteiger partial charge in [-0.15, -0.1) is 0 Å². The molecule has 0 spiro atoms. The first kappa shape index (κ1) is 15.3. The van der Waals surface area contributed by atoms with Gasteiger partial charge >= 0.3 is 0 Å². The van der Waals surface area contributed by atoms with E-state index in [1.165, 1.54) is 16.4 Å². The van der Waals surface area contributed by atoms with E-state index >= 15 is 0 Å². The Morgan fingerprint density at radius 2 is 2.13 bits per heavy atom. The fourth-order valence-electron chi connectivity index (χ4n) is 2.37. The maximum atomic E-state index is 12.2. The highest BCUT2D eigenvalue weighted by atomic mass is 35.5. The number of hydrogen-bond donors (Lipinski definition) is 1. The predicted octanol–water partition coefficient (Wildman–Crippen LogP) is 2.88. The van der Waals surface area contributed by atoms with Crippen molar-refractivity contribution in [1.29, 1.82) is 0 Å². The molecule has 1 N–H and O–H groups in total. The van der Waals surface area contributed by atoms with E-state index in [1.54, 1.807) is 24.1 Å². The number of nitrogens with zero attached hydrogens (tertiary/aromatic N) is 4. The van der Waals surface area contributed by atoms with Gasteiger partial charge in [0.15, 0.2) is 0 Å². The summed E-state index contributed by atoms with van der Waals surface area (Å²) in [4.78, 5) is 12.2. The number of rotatable bonds is 4. The molecule has 0 aliphatic rings. The SMILES string of the molecule is Cc1cccc(Cn2cc(NC(=O)c3c(Cl)cnn3C)cn2)c1. The number of aromatic nitrogens is 4. The van der Waals surface area contributed by atoms with Gasteiger partial charge in [0.1, 0.15) is 5.69 Å². The molecule has 0 fully saturated rings. The lowest BCUT2D eigenvalue weighted by Crippen LogP contribution is -2.16. The van der Waals surface area contributed by atoms with Gasteiger partial charge in [-0.05, 0) is 12.5 Å². The molecule has 0 saturated carbocycles. The van der Waals surface area contributed by atoms with Crippen LogP contribution in [0.5, 0.6) is 0 Å². The molecule has 0 aliphatic carbocycles. The number of carbonyl (C=O) groups excluding carboxylic acids is 1. The van der Waals surface area contributed by atoms with Crippen LogP contribution in [-0.4, -0.2) is 25.5 Å². The smallest absolute Gasteiger partial charge is 0.275 e. The Labute approximate surface area is 138 Å². The third kappa shape index (κ3) is 3.43.